The molecule has 1 heterocycles. The van der Waals surface area contributed by atoms with E-state index in [1.54, 1.807) is 11.8 Å². The summed E-state index contributed by atoms with van der Waals surface area (Å²) in [5.74, 6) is 1.77. The van der Waals surface area contributed by atoms with Crippen LogP contribution >= 0.6 is 11.8 Å². The molecule has 0 amide bonds. The number of aromatic nitrogens is 2. The molecule has 0 aliphatic heterocycles. The lowest BCUT2D eigenvalue weighted by atomic mass is 10.1. The van der Waals surface area contributed by atoms with Gasteiger partial charge >= 0.3 is 0 Å². The first-order chi connectivity index (χ1) is 10.3. The van der Waals surface area contributed by atoms with Crippen LogP contribution in [0.4, 0.5) is 0 Å². The fraction of sp³-hybridized carbons (Fsp3) is 0.125. The number of thioether (sulfide) groups is 1. The van der Waals surface area contributed by atoms with Crippen LogP contribution in [0.5, 0.6) is 0 Å². The molecule has 1 aromatic heterocycles. The molecule has 4 nitrogen and oxygen atoms in total. The molecule has 0 radical (unpaired) electrons. The monoisotopic (exact) mass is 297 g/mol. The van der Waals surface area contributed by atoms with Crippen molar-refractivity contribution >= 4 is 11.8 Å². The molecule has 21 heavy (non-hydrogen) atoms. The number of benzene rings is 2. The Bertz CT molecular complexity index is 685. The summed E-state index contributed by atoms with van der Waals surface area (Å²) in [5, 5.41) is 3.99. The van der Waals surface area contributed by atoms with Crippen molar-refractivity contribution < 1.29 is 4.52 Å². The summed E-state index contributed by atoms with van der Waals surface area (Å²) in [4.78, 5) is 5.56. The lowest BCUT2D eigenvalue weighted by Crippen LogP contribution is -2.12. The van der Waals surface area contributed by atoms with Gasteiger partial charge in [-0.2, -0.15) is 4.98 Å². The number of rotatable bonds is 5. The molecule has 0 bridgehead atoms. The maximum atomic E-state index is 6.13. The minimum atomic E-state index is -0.380. The van der Waals surface area contributed by atoms with E-state index in [-0.39, 0.29) is 6.04 Å². The first-order valence-corrected chi connectivity index (χ1v) is 7.62. The smallest absolute Gasteiger partial charge is 0.248 e. The molecule has 3 aromatic rings. The Morgan fingerprint density at radius 3 is 2.38 bits per heavy atom. The van der Waals surface area contributed by atoms with Crippen LogP contribution in [0.1, 0.15) is 23.3 Å². The number of nitrogens with two attached hydrogens (primary N) is 1. The minimum absolute atomic E-state index is 0.380. The summed E-state index contributed by atoms with van der Waals surface area (Å²) in [6.45, 7) is 0. The molecule has 0 unspecified atom stereocenters. The van der Waals surface area contributed by atoms with Gasteiger partial charge in [-0.3, -0.25) is 0 Å². The average Bonchev–Trinajstić information content (AvgIpc) is 3.03. The number of hydrogen-bond acceptors (Lipinski definition) is 5. The highest BCUT2D eigenvalue weighted by atomic mass is 32.2. The van der Waals surface area contributed by atoms with Gasteiger partial charge in [0.1, 0.15) is 6.04 Å². The van der Waals surface area contributed by atoms with Crippen molar-refractivity contribution in [2.75, 3.05) is 0 Å². The second-order valence-corrected chi connectivity index (χ2v) is 5.59. The fourth-order valence-corrected chi connectivity index (χ4v) is 2.68. The first-order valence-electron chi connectivity index (χ1n) is 6.64. The Hall–Kier alpha value is -2.11. The summed E-state index contributed by atoms with van der Waals surface area (Å²) in [5.41, 5.74) is 7.10. The van der Waals surface area contributed by atoms with E-state index in [1.807, 2.05) is 48.5 Å². The molecule has 0 spiro atoms. The zero-order chi connectivity index (χ0) is 14.5. The van der Waals surface area contributed by atoms with E-state index in [1.165, 1.54) is 4.90 Å². The van der Waals surface area contributed by atoms with Gasteiger partial charge in [-0.25, -0.2) is 0 Å². The van der Waals surface area contributed by atoms with E-state index in [2.05, 4.69) is 22.3 Å². The molecule has 106 valence electrons. The van der Waals surface area contributed by atoms with Crippen LogP contribution in [-0.2, 0) is 5.75 Å². The zero-order valence-corrected chi connectivity index (χ0v) is 12.2. The molecule has 5 heteroatoms. The third-order valence-corrected chi connectivity index (χ3v) is 4.03. The normalized spacial score (nSPS) is 12.2. The third-order valence-electron chi connectivity index (χ3n) is 3.02. The van der Waals surface area contributed by atoms with Gasteiger partial charge in [0.05, 0.1) is 5.75 Å². The Labute approximate surface area is 127 Å². The lowest BCUT2D eigenvalue weighted by molar-refractivity contribution is 0.363. The van der Waals surface area contributed by atoms with Crippen LogP contribution in [0.3, 0.4) is 0 Å². The number of nitrogens with zero attached hydrogens (tertiary/aromatic N) is 2. The summed E-state index contributed by atoms with van der Waals surface area (Å²) in [7, 11) is 0. The van der Waals surface area contributed by atoms with Crippen molar-refractivity contribution in [3.63, 3.8) is 0 Å². The van der Waals surface area contributed by atoms with Crippen molar-refractivity contribution in [2.24, 2.45) is 5.73 Å². The van der Waals surface area contributed by atoms with E-state index in [4.69, 9.17) is 10.3 Å². The third kappa shape index (κ3) is 3.51. The van der Waals surface area contributed by atoms with Gasteiger partial charge in [0.15, 0.2) is 5.82 Å². The molecule has 0 saturated heterocycles. The molecule has 0 fully saturated rings. The number of hydrogen-bond donors (Lipinski definition) is 1. The molecule has 2 N–H and O–H groups in total. The molecule has 2 aromatic carbocycles. The van der Waals surface area contributed by atoms with Gasteiger partial charge in [0.2, 0.25) is 5.89 Å². The Balaban J connectivity index is 1.66. The van der Waals surface area contributed by atoms with Crippen molar-refractivity contribution in [3.8, 4) is 0 Å². The lowest BCUT2D eigenvalue weighted by Gasteiger charge is -2.05. The van der Waals surface area contributed by atoms with E-state index in [9.17, 15) is 0 Å². The summed E-state index contributed by atoms with van der Waals surface area (Å²) >= 11 is 1.67. The predicted molar refractivity (Wildman–Crippen MR) is 82.8 cm³/mol. The van der Waals surface area contributed by atoms with E-state index in [0.29, 0.717) is 17.5 Å². The van der Waals surface area contributed by atoms with E-state index >= 15 is 0 Å². The van der Waals surface area contributed by atoms with Crippen LogP contribution in [0, 0.1) is 0 Å². The van der Waals surface area contributed by atoms with Crippen LogP contribution in [0.2, 0.25) is 0 Å². The van der Waals surface area contributed by atoms with Crippen molar-refractivity contribution in [1.29, 1.82) is 0 Å². The van der Waals surface area contributed by atoms with E-state index in [0.717, 1.165) is 5.56 Å². The molecule has 0 saturated carbocycles. The van der Waals surface area contributed by atoms with Crippen LogP contribution < -0.4 is 5.73 Å². The molecule has 1 atom stereocenters. The van der Waals surface area contributed by atoms with Gasteiger partial charge in [-0.1, -0.05) is 53.7 Å². The highest BCUT2D eigenvalue weighted by Crippen LogP contribution is 2.22. The Morgan fingerprint density at radius 2 is 1.67 bits per heavy atom. The van der Waals surface area contributed by atoms with Crippen LogP contribution in [-0.4, -0.2) is 10.1 Å². The predicted octanol–water partition coefficient (Wildman–Crippen LogP) is 3.41. The highest BCUT2D eigenvalue weighted by Gasteiger charge is 2.16. The van der Waals surface area contributed by atoms with Gasteiger partial charge in [-0.15, -0.1) is 11.8 Å². The highest BCUT2D eigenvalue weighted by molar-refractivity contribution is 7.98. The largest absolute Gasteiger partial charge is 0.337 e. The van der Waals surface area contributed by atoms with Crippen molar-refractivity contribution in [3.05, 3.63) is 77.9 Å². The van der Waals surface area contributed by atoms with Gasteiger partial charge in [-0.05, 0) is 17.7 Å². The summed E-state index contributed by atoms with van der Waals surface area (Å²) in [6.07, 6.45) is 0. The Kier molecular flexibility index (Phi) is 4.33. The van der Waals surface area contributed by atoms with Gasteiger partial charge < -0.3 is 10.3 Å². The Morgan fingerprint density at radius 1 is 1.00 bits per heavy atom. The van der Waals surface area contributed by atoms with Crippen molar-refractivity contribution in [1.82, 2.24) is 10.1 Å². The zero-order valence-electron chi connectivity index (χ0n) is 11.3. The average molecular weight is 297 g/mol. The second-order valence-electron chi connectivity index (χ2n) is 4.54. The van der Waals surface area contributed by atoms with E-state index < -0.39 is 0 Å². The molecule has 0 aliphatic carbocycles. The maximum absolute atomic E-state index is 6.13. The quantitative estimate of drug-likeness (QED) is 0.731. The topological polar surface area (TPSA) is 64.9 Å². The first kappa shape index (κ1) is 13.9. The minimum Gasteiger partial charge on any atom is -0.337 e. The van der Waals surface area contributed by atoms with Gasteiger partial charge in [0, 0.05) is 4.90 Å². The SMILES string of the molecule is N[C@H](c1ccccc1)c1nc(CSc2ccccc2)no1. The molecular formula is C16H15N3OS. The summed E-state index contributed by atoms with van der Waals surface area (Å²) < 4.78 is 5.27. The van der Waals surface area contributed by atoms with Crippen LogP contribution in [0.15, 0.2) is 70.1 Å². The fourth-order valence-electron chi connectivity index (χ4n) is 1.92. The van der Waals surface area contributed by atoms with Crippen molar-refractivity contribution in [2.45, 2.75) is 16.7 Å². The summed E-state index contributed by atoms with van der Waals surface area (Å²) in [6, 6.07) is 19.5. The molecular weight excluding hydrogens is 282 g/mol. The van der Waals surface area contributed by atoms with Crippen LogP contribution in [0.25, 0.3) is 0 Å². The maximum Gasteiger partial charge on any atom is 0.248 e. The molecule has 0 aliphatic rings. The second kappa shape index (κ2) is 6.56. The van der Waals surface area contributed by atoms with Gasteiger partial charge in [0.25, 0.3) is 0 Å². The standard InChI is InChI=1S/C16H15N3OS/c17-15(12-7-3-1-4-8-12)16-18-14(19-20-16)11-21-13-9-5-2-6-10-13/h1-10,15H,11,17H2/t15-/m1/s1. The molecule has 3 rings (SSSR count).